The molecule has 25 heavy (non-hydrogen) atoms. The standard InChI is InChI=1S/C11H10F3N7O4/c12-11(13,14)4-6(23)10(1-22,19-20-15)25-9(4)21-3-18-5-7(21)16-2-17-8(5)24/h2-4,6,9,15,22-23H,1H2/p+1/t4-,6-,9+,10+/m0/s1. The monoisotopic (exact) mass is 362 g/mol. The SMILES string of the molecule is N=[N+]=N[C@]1(CO)O[C@@H](n2cnc3c(=O)[nH]cnc32)[C@@H](C(F)(F)F)[C@@H]1O. The van der Waals surface area contributed by atoms with E-state index in [9.17, 15) is 28.2 Å². The van der Waals surface area contributed by atoms with Crippen molar-refractivity contribution in [3.05, 3.63) is 23.0 Å². The van der Waals surface area contributed by atoms with Gasteiger partial charge in [-0.15, -0.1) is 0 Å². The minimum atomic E-state index is -4.96. The molecule has 0 bridgehead atoms. The molecule has 3 heterocycles. The van der Waals surface area contributed by atoms with Gasteiger partial charge in [0.1, 0.15) is 24.2 Å². The number of alkyl halides is 3. The van der Waals surface area contributed by atoms with E-state index in [-0.39, 0.29) is 11.2 Å². The molecule has 11 nitrogen and oxygen atoms in total. The molecule has 1 aliphatic rings. The second-order valence-corrected chi connectivity index (χ2v) is 5.28. The highest BCUT2D eigenvalue weighted by atomic mass is 19.4. The number of aromatic amines is 1. The number of rotatable bonds is 3. The number of nitrogens with zero attached hydrogens (tertiary/aromatic N) is 5. The first-order valence-corrected chi connectivity index (χ1v) is 6.77. The summed E-state index contributed by atoms with van der Waals surface area (Å²) in [5, 5.41) is 22.6. The van der Waals surface area contributed by atoms with Gasteiger partial charge in [-0.2, -0.15) is 13.2 Å². The lowest BCUT2D eigenvalue weighted by atomic mass is 9.95. The second kappa shape index (κ2) is 5.70. The van der Waals surface area contributed by atoms with Crippen LogP contribution in [0.5, 0.6) is 0 Å². The number of hydrogen-bond acceptors (Lipinski definition) is 8. The first kappa shape index (κ1) is 17.2. The lowest BCUT2D eigenvalue weighted by Gasteiger charge is -2.23. The number of aliphatic hydroxyl groups is 2. The Kier molecular flexibility index (Phi) is 3.91. The number of aliphatic hydroxyl groups excluding tert-OH is 2. The number of hydrogen-bond donors (Lipinski definition) is 4. The van der Waals surface area contributed by atoms with Crippen LogP contribution in [-0.4, -0.2) is 54.3 Å². The molecule has 4 atom stereocenters. The van der Waals surface area contributed by atoms with Crippen molar-refractivity contribution in [1.29, 1.82) is 5.53 Å². The molecule has 3 rings (SSSR count). The van der Waals surface area contributed by atoms with Gasteiger partial charge in [0.05, 0.1) is 12.7 Å². The molecule has 2 aromatic rings. The number of aromatic nitrogens is 4. The summed E-state index contributed by atoms with van der Waals surface area (Å²) in [6.07, 6.45) is -7.38. The number of H-pyrrole nitrogens is 1. The Bertz CT molecular complexity index is 905. The van der Waals surface area contributed by atoms with Gasteiger partial charge in [-0.1, -0.05) is 0 Å². The smallest absolute Gasteiger partial charge is 0.391 e. The van der Waals surface area contributed by atoms with Crippen LogP contribution >= 0.6 is 0 Å². The van der Waals surface area contributed by atoms with Crippen LogP contribution in [0, 0.1) is 11.4 Å². The highest BCUT2D eigenvalue weighted by Gasteiger charge is 2.67. The summed E-state index contributed by atoms with van der Waals surface area (Å²) in [6, 6.07) is 0. The summed E-state index contributed by atoms with van der Waals surface area (Å²) in [5.74, 6) is -2.54. The largest absolute Gasteiger partial charge is 0.398 e. The van der Waals surface area contributed by atoms with Gasteiger partial charge in [-0.25, -0.2) is 9.97 Å². The number of ether oxygens (including phenoxy) is 1. The zero-order chi connectivity index (χ0) is 18.4. The zero-order valence-corrected chi connectivity index (χ0v) is 12.2. The molecule has 0 aliphatic carbocycles. The number of imidazole rings is 1. The van der Waals surface area contributed by atoms with Crippen molar-refractivity contribution in [2.45, 2.75) is 24.2 Å². The Morgan fingerprint density at radius 2 is 2.24 bits per heavy atom. The minimum absolute atomic E-state index is 0.216. The summed E-state index contributed by atoms with van der Waals surface area (Å²) < 4.78 is 46.4. The molecule has 0 aromatic carbocycles. The van der Waals surface area contributed by atoms with Crippen molar-refractivity contribution in [2.24, 2.45) is 11.0 Å². The van der Waals surface area contributed by atoms with Crippen molar-refractivity contribution in [2.75, 3.05) is 6.61 Å². The van der Waals surface area contributed by atoms with Gasteiger partial charge in [-0.3, -0.25) is 9.36 Å². The molecule has 0 saturated carbocycles. The number of halogens is 3. The highest BCUT2D eigenvalue weighted by molar-refractivity contribution is 5.68. The van der Waals surface area contributed by atoms with Gasteiger partial charge in [0.15, 0.2) is 22.5 Å². The van der Waals surface area contributed by atoms with Crippen LogP contribution in [0.1, 0.15) is 6.23 Å². The lowest BCUT2D eigenvalue weighted by molar-refractivity contribution is -0.210. The molecular formula is C11H11F3N7O4+. The van der Waals surface area contributed by atoms with Crippen LogP contribution in [0.15, 0.2) is 22.6 Å². The third kappa shape index (κ3) is 2.51. The topological polar surface area (TPSA) is 164 Å². The van der Waals surface area contributed by atoms with E-state index in [0.717, 1.165) is 17.2 Å². The van der Waals surface area contributed by atoms with E-state index >= 15 is 0 Å². The van der Waals surface area contributed by atoms with Crippen LogP contribution in [0.4, 0.5) is 13.2 Å². The van der Waals surface area contributed by atoms with E-state index in [2.05, 4.69) is 25.0 Å². The maximum Gasteiger partial charge on any atom is 0.398 e. The van der Waals surface area contributed by atoms with Gasteiger partial charge < -0.3 is 19.9 Å². The fourth-order valence-corrected chi connectivity index (χ4v) is 2.74. The van der Waals surface area contributed by atoms with Crippen LogP contribution in [0.2, 0.25) is 0 Å². The molecule has 14 heteroatoms. The zero-order valence-electron chi connectivity index (χ0n) is 12.2. The van der Waals surface area contributed by atoms with Crippen LogP contribution < -0.4 is 10.5 Å². The molecule has 4 N–H and O–H groups in total. The van der Waals surface area contributed by atoms with Crippen molar-refractivity contribution in [1.82, 2.24) is 24.4 Å². The average molecular weight is 362 g/mol. The van der Waals surface area contributed by atoms with E-state index in [1.165, 1.54) is 0 Å². The first-order valence-electron chi connectivity index (χ1n) is 6.77. The van der Waals surface area contributed by atoms with E-state index in [1.807, 2.05) is 0 Å². The third-order valence-electron chi connectivity index (χ3n) is 3.90. The Balaban J connectivity index is 2.20. The second-order valence-electron chi connectivity index (χ2n) is 5.28. The first-order chi connectivity index (χ1) is 11.7. The van der Waals surface area contributed by atoms with Gasteiger partial charge in [0.25, 0.3) is 11.3 Å². The normalized spacial score (nSPS) is 29.7. The summed E-state index contributed by atoms with van der Waals surface area (Å²) in [4.78, 5) is 23.9. The molecule has 1 fully saturated rings. The van der Waals surface area contributed by atoms with Crippen LogP contribution in [0.3, 0.4) is 0 Å². The fourth-order valence-electron chi connectivity index (χ4n) is 2.74. The highest BCUT2D eigenvalue weighted by Crippen LogP contribution is 2.49. The van der Waals surface area contributed by atoms with Gasteiger partial charge >= 0.3 is 6.18 Å². The van der Waals surface area contributed by atoms with Crippen LogP contribution in [-0.2, 0) is 4.74 Å². The third-order valence-corrected chi connectivity index (χ3v) is 3.90. The Morgan fingerprint density at radius 1 is 1.52 bits per heavy atom. The average Bonchev–Trinajstić information content (AvgIpc) is 3.08. The number of fused-ring (bicyclic) bond motifs is 1. The predicted octanol–water partition coefficient (Wildman–Crippen LogP) is -0.573. The fraction of sp³-hybridized carbons (Fsp3) is 0.545. The molecule has 0 spiro atoms. The summed E-state index contributed by atoms with van der Waals surface area (Å²) >= 11 is 0. The molecule has 0 amide bonds. The van der Waals surface area contributed by atoms with Gasteiger partial charge in [-0.05, 0) is 0 Å². The maximum atomic E-state index is 13.5. The Morgan fingerprint density at radius 3 is 2.84 bits per heavy atom. The maximum absolute atomic E-state index is 13.5. The lowest BCUT2D eigenvalue weighted by Crippen LogP contribution is -2.46. The summed E-state index contributed by atoms with van der Waals surface area (Å²) in [6.45, 7) is -1.15. The molecule has 2 aromatic heterocycles. The predicted molar refractivity (Wildman–Crippen MR) is 70.9 cm³/mol. The molecule has 0 radical (unpaired) electrons. The Hall–Kier alpha value is -2.67. The molecule has 134 valence electrons. The van der Waals surface area contributed by atoms with E-state index in [1.54, 1.807) is 0 Å². The minimum Gasteiger partial charge on any atom is -0.391 e. The Labute approximate surface area is 135 Å². The quantitative estimate of drug-likeness (QED) is 0.422. The van der Waals surface area contributed by atoms with Crippen molar-refractivity contribution < 1.29 is 28.1 Å². The van der Waals surface area contributed by atoms with E-state index in [0.29, 0.717) is 0 Å². The van der Waals surface area contributed by atoms with Crippen molar-refractivity contribution in [3.63, 3.8) is 0 Å². The van der Waals surface area contributed by atoms with E-state index in [4.69, 9.17) is 10.3 Å². The molecular weight excluding hydrogens is 351 g/mol. The molecule has 1 saturated heterocycles. The number of nitrogens with one attached hydrogen (secondary N) is 2. The van der Waals surface area contributed by atoms with Crippen molar-refractivity contribution >= 4 is 11.2 Å². The van der Waals surface area contributed by atoms with Gasteiger partial charge in [0, 0.05) is 0 Å². The summed E-state index contributed by atoms with van der Waals surface area (Å²) in [7, 11) is 0. The van der Waals surface area contributed by atoms with Gasteiger partial charge in [0.2, 0.25) is 4.91 Å². The van der Waals surface area contributed by atoms with Crippen molar-refractivity contribution in [3.8, 4) is 0 Å². The summed E-state index contributed by atoms with van der Waals surface area (Å²) in [5.41, 5.74) is 3.10. The molecule has 1 aliphatic heterocycles. The van der Waals surface area contributed by atoms with Crippen LogP contribution in [0.25, 0.3) is 11.2 Å². The molecule has 0 unspecified atom stereocenters. The van der Waals surface area contributed by atoms with E-state index < -0.39 is 42.3 Å².